The van der Waals surface area contributed by atoms with Gasteiger partial charge in [0.15, 0.2) is 0 Å². The van der Waals surface area contributed by atoms with E-state index in [2.05, 4.69) is 0 Å². The minimum atomic E-state index is -0.781. The summed E-state index contributed by atoms with van der Waals surface area (Å²) >= 11 is 23.4. The van der Waals surface area contributed by atoms with E-state index in [1.54, 1.807) is 6.07 Å². The van der Waals surface area contributed by atoms with Crippen molar-refractivity contribution in [2.24, 2.45) is 11.8 Å². The Hall–Kier alpha value is -0.390. The Balaban J connectivity index is 2.04. The van der Waals surface area contributed by atoms with Crippen molar-refractivity contribution in [1.82, 2.24) is 0 Å². The fourth-order valence-corrected chi connectivity index (χ4v) is 5.11. The maximum atomic E-state index is 10.5. The number of aliphatic hydroxyl groups excluding tert-OH is 1. The van der Waals surface area contributed by atoms with E-state index in [-0.39, 0.29) is 28.9 Å². The van der Waals surface area contributed by atoms with E-state index in [0.717, 1.165) is 5.56 Å². The molecule has 5 atom stereocenters. The van der Waals surface area contributed by atoms with Gasteiger partial charge in [-0.2, -0.15) is 12.6 Å². The molecule has 0 aliphatic heterocycles. The van der Waals surface area contributed by atoms with Crippen molar-refractivity contribution in [3.8, 4) is 0 Å². The summed E-state index contributed by atoms with van der Waals surface area (Å²) in [5.74, 6) is -0.821. The number of allylic oxidation sites excluding steroid dienone is 2. The Kier molecular flexibility index (Phi) is 8.62. The van der Waals surface area contributed by atoms with Crippen LogP contribution in [0, 0.1) is 11.8 Å². The molecule has 0 aromatic heterocycles. The van der Waals surface area contributed by atoms with Gasteiger partial charge in [0.25, 0.3) is 0 Å². The molecule has 1 fully saturated rings. The zero-order chi connectivity index (χ0) is 19.3. The molecule has 144 valence electrons. The Labute approximate surface area is 174 Å². The summed E-state index contributed by atoms with van der Waals surface area (Å²) in [6.07, 6.45) is 6.21. The van der Waals surface area contributed by atoms with Crippen molar-refractivity contribution in [3.05, 3.63) is 46.0 Å². The van der Waals surface area contributed by atoms with Crippen LogP contribution >= 0.6 is 47.4 Å². The van der Waals surface area contributed by atoms with E-state index in [0.29, 0.717) is 35.7 Å². The van der Waals surface area contributed by atoms with E-state index in [9.17, 15) is 9.90 Å². The number of benzene rings is 1. The molecule has 7 heteroatoms. The Morgan fingerprint density at radius 2 is 1.92 bits per heavy atom. The lowest BCUT2D eigenvalue weighted by Crippen LogP contribution is -2.25. The standard InChI is InChI=1S/C19H23Cl3O3S/c20-12-7-11(8-13(21)9-12)19(26)18-14(15(22)10-16(18)23)5-3-1-2-4-6-17(24)25/h1,3,7-9,14-16,18-19,23,26H,2,4-6,10H2,(H,24,25)/b3-1-/t14-,15+,16+,18+,19?/m0/s1. The normalized spacial score (nSPS) is 27.1. The minimum absolute atomic E-state index is 0.0719. The second-order valence-electron chi connectivity index (χ2n) is 6.70. The molecule has 2 N–H and O–H groups in total. The van der Waals surface area contributed by atoms with E-state index in [1.807, 2.05) is 24.3 Å². The smallest absolute Gasteiger partial charge is 0.303 e. The summed E-state index contributed by atoms with van der Waals surface area (Å²) in [6.45, 7) is 0. The van der Waals surface area contributed by atoms with Crippen molar-refractivity contribution in [1.29, 1.82) is 0 Å². The van der Waals surface area contributed by atoms with E-state index in [4.69, 9.17) is 52.5 Å². The lowest BCUT2D eigenvalue weighted by Gasteiger charge is -2.28. The summed E-state index contributed by atoms with van der Waals surface area (Å²) in [6, 6.07) is 5.30. The molecule has 2 rings (SSSR count). The van der Waals surface area contributed by atoms with Gasteiger partial charge in [-0.15, -0.1) is 11.6 Å². The molecule has 3 nitrogen and oxygen atoms in total. The highest BCUT2D eigenvalue weighted by molar-refractivity contribution is 7.80. The predicted octanol–water partition coefficient (Wildman–Crippen LogP) is 5.77. The molecule has 1 aromatic rings. The zero-order valence-corrected chi connectivity index (χ0v) is 17.4. The van der Waals surface area contributed by atoms with Gasteiger partial charge in [0.1, 0.15) is 0 Å². The fraction of sp³-hybridized carbons (Fsp3) is 0.526. The summed E-state index contributed by atoms with van der Waals surface area (Å²) < 4.78 is 0. The first-order chi connectivity index (χ1) is 12.3. The minimum Gasteiger partial charge on any atom is -0.481 e. The number of carboxylic acid groups (broad SMARTS) is 1. The Bertz CT molecular complexity index is 633. The van der Waals surface area contributed by atoms with Crippen LogP contribution in [0.1, 0.15) is 42.9 Å². The Morgan fingerprint density at radius 3 is 2.54 bits per heavy atom. The second-order valence-corrected chi connectivity index (χ2v) is 8.69. The number of alkyl halides is 1. The maximum absolute atomic E-state index is 10.5. The number of hydrogen-bond acceptors (Lipinski definition) is 3. The molecule has 0 amide bonds. The van der Waals surface area contributed by atoms with Crippen LogP contribution < -0.4 is 0 Å². The van der Waals surface area contributed by atoms with Gasteiger partial charge >= 0.3 is 5.97 Å². The highest BCUT2D eigenvalue weighted by Gasteiger charge is 2.44. The summed E-state index contributed by atoms with van der Waals surface area (Å²) in [5.41, 5.74) is 0.871. The monoisotopic (exact) mass is 436 g/mol. The molecule has 0 radical (unpaired) electrons. The summed E-state index contributed by atoms with van der Waals surface area (Å²) in [5, 5.41) is 19.9. The number of aliphatic carboxylic acids is 1. The van der Waals surface area contributed by atoms with Crippen molar-refractivity contribution in [2.75, 3.05) is 0 Å². The van der Waals surface area contributed by atoms with Crippen molar-refractivity contribution in [3.63, 3.8) is 0 Å². The molecule has 0 spiro atoms. The van der Waals surface area contributed by atoms with E-state index >= 15 is 0 Å². The van der Waals surface area contributed by atoms with Crippen LogP contribution in [0.2, 0.25) is 10.0 Å². The van der Waals surface area contributed by atoms with Crippen LogP contribution in [0.3, 0.4) is 0 Å². The number of carboxylic acids is 1. The molecule has 0 heterocycles. The van der Waals surface area contributed by atoms with Gasteiger partial charge in [-0.05, 0) is 55.4 Å². The lowest BCUT2D eigenvalue weighted by atomic mass is 9.85. The highest BCUT2D eigenvalue weighted by Crippen LogP contribution is 2.48. The van der Waals surface area contributed by atoms with Crippen molar-refractivity contribution in [2.45, 2.75) is 48.8 Å². The summed E-state index contributed by atoms with van der Waals surface area (Å²) in [4.78, 5) is 10.5. The first-order valence-electron chi connectivity index (χ1n) is 8.62. The van der Waals surface area contributed by atoms with Crippen molar-refractivity contribution >= 4 is 53.4 Å². The SMILES string of the molecule is O=C(O)CCC/C=C\C[C@@H]1[C@@H](C(S)c2cc(Cl)cc(Cl)c2)[C@H](O)C[C@H]1Cl. The summed E-state index contributed by atoms with van der Waals surface area (Å²) in [7, 11) is 0. The zero-order valence-electron chi connectivity index (χ0n) is 14.2. The van der Waals surface area contributed by atoms with Gasteiger partial charge in [-0.25, -0.2) is 0 Å². The predicted molar refractivity (Wildman–Crippen MR) is 111 cm³/mol. The number of halogens is 3. The van der Waals surface area contributed by atoms with Crippen molar-refractivity contribution < 1.29 is 15.0 Å². The molecule has 1 aromatic carbocycles. The van der Waals surface area contributed by atoms with Crippen LogP contribution in [-0.2, 0) is 4.79 Å². The molecule has 1 aliphatic carbocycles. The van der Waals surface area contributed by atoms with Crippen LogP contribution in [-0.4, -0.2) is 27.7 Å². The molecular weight excluding hydrogens is 415 g/mol. The molecule has 0 bridgehead atoms. The van der Waals surface area contributed by atoms with Crippen LogP contribution in [0.5, 0.6) is 0 Å². The van der Waals surface area contributed by atoms with Crippen LogP contribution in [0.25, 0.3) is 0 Å². The number of carbonyl (C=O) groups is 1. The molecule has 1 saturated carbocycles. The third kappa shape index (κ3) is 6.07. The first kappa shape index (κ1) is 21.9. The van der Waals surface area contributed by atoms with Gasteiger partial charge in [0.2, 0.25) is 0 Å². The quantitative estimate of drug-likeness (QED) is 0.209. The number of rotatable bonds is 8. The third-order valence-corrected chi connectivity index (χ3v) is 6.38. The Morgan fingerprint density at radius 1 is 1.27 bits per heavy atom. The topological polar surface area (TPSA) is 57.5 Å². The fourth-order valence-electron chi connectivity index (χ4n) is 3.55. The average Bonchev–Trinajstić information content (AvgIpc) is 2.82. The van der Waals surface area contributed by atoms with E-state index in [1.165, 1.54) is 0 Å². The van der Waals surface area contributed by atoms with Crippen LogP contribution in [0.15, 0.2) is 30.4 Å². The highest BCUT2D eigenvalue weighted by atomic mass is 35.5. The van der Waals surface area contributed by atoms with Gasteiger partial charge in [0, 0.05) is 33.0 Å². The van der Waals surface area contributed by atoms with Gasteiger partial charge in [-0.3, -0.25) is 4.79 Å². The molecule has 1 unspecified atom stereocenters. The van der Waals surface area contributed by atoms with Gasteiger partial charge in [-0.1, -0.05) is 35.4 Å². The molecule has 26 heavy (non-hydrogen) atoms. The number of aliphatic hydroxyl groups is 1. The first-order valence-corrected chi connectivity index (χ1v) is 10.3. The molecular formula is C19H23Cl3O3S. The lowest BCUT2D eigenvalue weighted by molar-refractivity contribution is -0.137. The van der Waals surface area contributed by atoms with Gasteiger partial charge < -0.3 is 10.2 Å². The van der Waals surface area contributed by atoms with Crippen LogP contribution in [0.4, 0.5) is 0 Å². The third-order valence-electron chi connectivity index (χ3n) is 4.80. The van der Waals surface area contributed by atoms with Gasteiger partial charge in [0.05, 0.1) is 6.10 Å². The number of thiol groups is 1. The molecule has 1 aliphatic rings. The molecule has 0 saturated heterocycles. The largest absolute Gasteiger partial charge is 0.481 e. The average molecular weight is 438 g/mol. The number of unbranched alkanes of at least 4 members (excludes halogenated alkanes) is 1. The second kappa shape index (κ2) is 10.2. The maximum Gasteiger partial charge on any atom is 0.303 e. The number of hydrogen-bond donors (Lipinski definition) is 3. The van der Waals surface area contributed by atoms with E-state index < -0.39 is 12.1 Å².